The van der Waals surface area contributed by atoms with Gasteiger partial charge < -0.3 is 19.4 Å². The predicted octanol–water partition coefficient (Wildman–Crippen LogP) is 4.19. The number of nitrogens with zero attached hydrogens (tertiary/aromatic N) is 4. The van der Waals surface area contributed by atoms with Crippen molar-refractivity contribution >= 4 is 27.9 Å². The lowest BCUT2D eigenvalue weighted by Crippen LogP contribution is -2.33. The van der Waals surface area contributed by atoms with E-state index in [1.54, 1.807) is 4.57 Å². The number of carbonyl (C=O) groups is 1. The SMILES string of the molecule is Cc1c2c(=O)n(CCCNC(=O)OC(C)(C)C)c3ccc(C#CCN(C)C)cc3c2nn1C1CCCCO1. The lowest BCUT2D eigenvalue weighted by atomic mass is 10.1. The number of hydrogen-bond acceptors (Lipinski definition) is 6. The summed E-state index contributed by atoms with van der Waals surface area (Å²) in [5.41, 5.74) is 2.51. The standard InChI is InChI=1S/C29H39N5O4/c1-20-25-26(31-34(20)24-12-7-8-18-37-24)22-19-21(11-9-16-32(5)6)13-14-23(22)33(27(25)35)17-10-15-30-28(36)38-29(2,3)4/h13-14,19,24H,7-8,10,12,15-18H2,1-6H3,(H,30,36). The Bertz CT molecular complexity index is 1430. The Morgan fingerprint density at radius 3 is 2.76 bits per heavy atom. The Balaban J connectivity index is 1.73. The maximum Gasteiger partial charge on any atom is 0.407 e. The Morgan fingerprint density at radius 2 is 2.08 bits per heavy atom. The number of benzene rings is 1. The number of aromatic nitrogens is 3. The van der Waals surface area contributed by atoms with E-state index < -0.39 is 11.7 Å². The highest BCUT2D eigenvalue weighted by atomic mass is 16.6. The molecule has 9 heteroatoms. The van der Waals surface area contributed by atoms with Crippen LogP contribution in [0.2, 0.25) is 0 Å². The summed E-state index contributed by atoms with van der Waals surface area (Å²) in [6.45, 7) is 9.61. The van der Waals surface area contributed by atoms with Crippen LogP contribution in [0, 0.1) is 18.8 Å². The number of pyridine rings is 1. The van der Waals surface area contributed by atoms with Crippen LogP contribution < -0.4 is 10.9 Å². The second kappa shape index (κ2) is 11.6. The molecule has 0 aliphatic carbocycles. The molecule has 4 rings (SSSR count). The minimum absolute atomic E-state index is 0.0873. The van der Waals surface area contributed by atoms with E-state index in [2.05, 4.69) is 17.2 Å². The summed E-state index contributed by atoms with van der Waals surface area (Å²) in [5, 5.41) is 9.19. The molecule has 0 bridgehead atoms. The number of carbonyl (C=O) groups excluding carboxylic acids is 1. The van der Waals surface area contributed by atoms with E-state index in [9.17, 15) is 9.59 Å². The van der Waals surface area contributed by atoms with Crippen molar-refractivity contribution < 1.29 is 14.3 Å². The quantitative estimate of drug-likeness (QED) is 0.387. The zero-order chi connectivity index (χ0) is 27.4. The fourth-order valence-corrected chi connectivity index (χ4v) is 4.71. The van der Waals surface area contributed by atoms with E-state index in [0.29, 0.717) is 43.6 Å². The van der Waals surface area contributed by atoms with Gasteiger partial charge in [-0.3, -0.25) is 9.69 Å². The van der Waals surface area contributed by atoms with Crippen LogP contribution in [0.3, 0.4) is 0 Å². The molecule has 1 aliphatic rings. The normalized spacial score (nSPS) is 16.0. The third-order valence-electron chi connectivity index (χ3n) is 6.43. The number of hydrogen-bond donors (Lipinski definition) is 1. The number of alkyl carbamates (subject to hydrolysis) is 1. The monoisotopic (exact) mass is 521 g/mol. The second-order valence-corrected chi connectivity index (χ2v) is 11.1. The van der Waals surface area contributed by atoms with Crippen molar-refractivity contribution in [3.05, 3.63) is 39.8 Å². The minimum atomic E-state index is -0.560. The summed E-state index contributed by atoms with van der Waals surface area (Å²) < 4.78 is 15.0. The zero-order valence-electron chi connectivity index (χ0n) is 23.4. The van der Waals surface area contributed by atoms with Gasteiger partial charge in [-0.25, -0.2) is 9.48 Å². The second-order valence-electron chi connectivity index (χ2n) is 11.1. The maximum absolute atomic E-state index is 13.8. The fourth-order valence-electron chi connectivity index (χ4n) is 4.71. The van der Waals surface area contributed by atoms with E-state index in [-0.39, 0.29) is 11.8 Å². The first-order valence-corrected chi connectivity index (χ1v) is 13.3. The van der Waals surface area contributed by atoms with Crippen molar-refractivity contribution in [1.82, 2.24) is 24.6 Å². The average molecular weight is 522 g/mol. The van der Waals surface area contributed by atoms with Crippen molar-refractivity contribution in [3.63, 3.8) is 0 Å². The van der Waals surface area contributed by atoms with Gasteiger partial charge in [0, 0.05) is 30.6 Å². The number of fused-ring (bicyclic) bond motifs is 3. The Kier molecular flexibility index (Phi) is 8.44. The van der Waals surface area contributed by atoms with E-state index >= 15 is 0 Å². The van der Waals surface area contributed by atoms with Gasteiger partial charge in [-0.05, 0) is 85.7 Å². The van der Waals surface area contributed by atoms with Gasteiger partial charge in [0.15, 0.2) is 0 Å². The summed E-state index contributed by atoms with van der Waals surface area (Å²) in [5.74, 6) is 6.42. The van der Waals surface area contributed by atoms with Crippen LogP contribution in [0.15, 0.2) is 23.0 Å². The highest BCUT2D eigenvalue weighted by Gasteiger charge is 2.24. The van der Waals surface area contributed by atoms with Crippen LogP contribution in [0.5, 0.6) is 0 Å². The molecule has 38 heavy (non-hydrogen) atoms. The number of amides is 1. The van der Waals surface area contributed by atoms with Crippen molar-refractivity contribution in [2.75, 3.05) is 33.8 Å². The topological polar surface area (TPSA) is 90.6 Å². The molecule has 0 spiro atoms. The summed E-state index contributed by atoms with van der Waals surface area (Å²) in [6.07, 6.45) is 2.93. The van der Waals surface area contributed by atoms with Gasteiger partial charge in [0.1, 0.15) is 17.3 Å². The van der Waals surface area contributed by atoms with E-state index in [4.69, 9.17) is 14.6 Å². The molecule has 1 aromatic carbocycles. The molecular formula is C29H39N5O4. The molecule has 2 aromatic heterocycles. The molecule has 3 heterocycles. The highest BCUT2D eigenvalue weighted by molar-refractivity contribution is 6.04. The molecule has 3 aromatic rings. The first kappa shape index (κ1) is 27.7. The van der Waals surface area contributed by atoms with Crippen LogP contribution >= 0.6 is 0 Å². The third-order valence-corrected chi connectivity index (χ3v) is 6.43. The molecule has 0 radical (unpaired) electrons. The largest absolute Gasteiger partial charge is 0.444 e. The van der Waals surface area contributed by atoms with Gasteiger partial charge in [-0.1, -0.05) is 11.8 Å². The molecule has 1 atom stereocenters. The molecule has 1 fully saturated rings. The zero-order valence-corrected chi connectivity index (χ0v) is 23.4. The Hall–Kier alpha value is -3.35. The number of nitrogens with one attached hydrogen (secondary N) is 1. The Morgan fingerprint density at radius 1 is 1.29 bits per heavy atom. The highest BCUT2D eigenvalue weighted by Crippen LogP contribution is 2.30. The molecule has 1 unspecified atom stereocenters. The van der Waals surface area contributed by atoms with Crippen molar-refractivity contribution in [1.29, 1.82) is 0 Å². The lowest BCUT2D eigenvalue weighted by Gasteiger charge is -2.23. The Labute approximate surface area is 224 Å². The summed E-state index contributed by atoms with van der Waals surface area (Å²) in [6, 6.07) is 5.91. The average Bonchev–Trinajstić information content (AvgIpc) is 3.20. The van der Waals surface area contributed by atoms with Crippen LogP contribution in [0.1, 0.15) is 63.9 Å². The van der Waals surface area contributed by atoms with Crippen LogP contribution in [0.25, 0.3) is 21.8 Å². The van der Waals surface area contributed by atoms with Gasteiger partial charge in [-0.15, -0.1) is 0 Å². The van der Waals surface area contributed by atoms with E-state index in [1.165, 1.54) is 0 Å². The van der Waals surface area contributed by atoms with Gasteiger partial charge in [0.2, 0.25) is 0 Å². The van der Waals surface area contributed by atoms with Crippen LogP contribution in [-0.2, 0) is 16.0 Å². The fraction of sp³-hybridized carbons (Fsp3) is 0.552. The van der Waals surface area contributed by atoms with Crippen LogP contribution in [0.4, 0.5) is 4.79 Å². The third kappa shape index (κ3) is 6.37. The number of rotatable bonds is 6. The smallest absolute Gasteiger partial charge is 0.407 e. The number of ether oxygens (including phenoxy) is 2. The first-order valence-electron chi connectivity index (χ1n) is 13.3. The molecule has 1 amide bonds. The summed E-state index contributed by atoms with van der Waals surface area (Å²) in [7, 11) is 3.97. The van der Waals surface area contributed by atoms with Crippen LogP contribution in [-0.4, -0.2) is 64.7 Å². The van der Waals surface area contributed by atoms with E-state index in [0.717, 1.165) is 41.4 Å². The summed E-state index contributed by atoms with van der Waals surface area (Å²) >= 11 is 0. The van der Waals surface area contributed by atoms with Gasteiger partial charge in [-0.2, -0.15) is 5.10 Å². The molecule has 1 aliphatic heterocycles. The molecule has 1 N–H and O–H groups in total. The van der Waals surface area contributed by atoms with Gasteiger partial charge >= 0.3 is 6.09 Å². The molecular weight excluding hydrogens is 482 g/mol. The lowest BCUT2D eigenvalue weighted by molar-refractivity contribution is -0.0402. The van der Waals surface area contributed by atoms with E-state index in [1.807, 2.05) is 69.6 Å². The van der Waals surface area contributed by atoms with Crippen molar-refractivity contribution in [3.8, 4) is 11.8 Å². The molecule has 204 valence electrons. The van der Waals surface area contributed by atoms with Crippen molar-refractivity contribution in [2.45, 2.75) is 71.8 Å². The van der Waals surface area contributed by atoms with Gasteiger partial charge in [0.05, 0.1) is 23.1 Å². The first-order chi connectivity index (χ1) is 18.0. The maximum atomic E-state index is 13.8. The van der Waals surface area contributed by atoms with Crippen molar-refractivity contribution in [2.24, 2.45) is 0 Å². The molecule has 9 nitrogen and oxygen atoms in total. The summed E-state index contributed by atoms with van der Waals surface area (Å²) in [4.78, 5) is 27.9. The minimum Gasteiger partial charge on any atom is -0.444 e. The molecule has 0 saturated carbocycles. The van der Waals surface area contributed by atoms with Gasteiger partial charge in [0.25, 0.3) is 5.56 Å². The predicted molar refractivity (Wildman–Crippen MR) is 149 cm³/mol. The molecule has 1 saturated heterocycles. The number of aryl methyl sites for hydroxylation is 2.